The number of halogens is 2. The lowest BCUT2D eigenvalue weighted by atomic mass is 10.7. The first-order valence-electron chi connectivity index (χ1n) is 3.36. The van der Waals surface area contributed by atoms with Gasteiger partial charge in [-0.3, -0.25) is 0 Å². The van der Waals surface area contributed by atoms with E-state index >= 15 is 0 Å². The van der Waals surface area contributed by atoms with Crippen molar-refractivity contribution in [2.45, 2.75) is 19.6 Å². The smallest absolute Gasteiger partial charge is 0.111 e. The SMILES string of the molecule is C[Si](C)(C)c1cc(Cl)c(Cl)s1. The molecule has 1 heterocycles. The molecule has 0 saturated carbocycles. The van der Waals surface area contributed by atoms with Gasteiger partial charge in [0.2, 0.25) is 0 Å². The molecule has 0 radical (unpaired) electrons. The lowest BCUT2D eigenvalue weighted by Crippen LogP contribution is -2.34. The number of hydrogen-bond donors (Lipinski definition) is 0. The van der Waals surface area contributed by atoms with Crippen molar-refractivity contribution in [3.63, 3.8) is 0 Å². The Morgan fingerprint density at radius 2 is 1.82 bits per heavy atom. The van der Waals surface area contributed by atoms with Crippen LogP contribution in [0.25, 0.3) is 0 Å². The van der Waals surface area contributed by atoms with Crippen molar-refractivity contribution in [1.82, 2.24) is 0 Å². The van der Waals surface area contributed by atoms with Crippen LogP contribution in [0.2, 0.25) is 29.0 Å². The zero-order valence-electron chi connectivity index (χ0n) is 6.74. The summed E-state index contributed by atoms with van der Waals surface area (Å²) in [7, 11) is -1.19. The molecule has 0 N–H and O–H groups in total. The summed E-state index contributed by atoms with van der Waals surface area (Å²) in [6.45, 7) is 6.85. The third kappa shape index (κ3) is 2.22. The molecule has 0 nitrogen and oxygen atoms in total. The third-order valence-electron chi connectivity index (χ3n) is 1.38. The molecule has 1 rings (SSSR count). The highest BCUT2D eigenvalue weighted by atomic mass is 35.5. The van der Waals surface area contributed by atoms with Crippen molar-refractivity contribution >= 4 is 47.1 Å². The monoisotopic (exact) mass is 224 g/mol. The molecule has 11 heavy (non-hydrogen) atoms. The van der Waals surface area contributed by atoms with Crippen molar-refractivity contribution in [2.75, 3.05) is 0 Å². The van der Waals surface area contributed by atoms with Gasteiger partial charge < -0.3 is 0 Å². The summed E-state index contributed by atoms with van der Waals surface area (Å²) >= 11 is 13.3. The van der Waals surface area contributed by atoms with E-state index in [1.54, 1.807) is 11.3 Å². The van der Waals surface area contributed by atoms with E-state index in [-0.39, 0.29) is 0 Å². The molecule has 62 valence electrons. The summed E-state index contributed by atoms with van der Waals surface area (Å²) in [6.07, 6.45) is 0. The molecular formula is C7H10Cl2SSi. The highest BCUT2D eigenvalue weighted by molar-refractivity contribution is 7.29. The molecule has 0 fully saturated rings. The summed E-state index contributed by atoms with van der Waals surface area (Å²) < 4.78 is 2.09. The lowest BCUT2D eigenvalue weighted by molar-refractivity contribution is 1.79. The fourth-order valence-electron chi connectivity index (χ4n) is 0.716. The van der Waals surface area contributed by atoms with Crippen LogP contribution in [-0.2, 0) is 0 Å². The fraction of sp³-hybridized carbons (Fsp3) is 0.429. The second-order valence-electron chi connectivity index (χ2n) is 3.48. The topological polar surface area (TPSA) is 0 Å². The maximum atomic E-state index is 5.84. The third-order valence-corrected chi connectivity index (χ3v) is 6.83. The van der Waals surface area contributed by atoms with E-state index < -0.39 is 8.07 Å². The van der Waals surface area contributed by atoms with Crippen LogP contribution in [0.4, 0.5) is 0 Å². The van der Waals surface area contributed by atoms with Gasteiger partial charge in [-0.1, -0.05) is 42.8 Å². The molecule has 0 spiro atoms. The predicted molar refractivity (Wildman–Crippen MR) is 57.3 cm³/mol. The average Bonchev–Trinajstić information content (AvgIpc) is 2.11. The second-order valence-corrected chi connectivity index (χ2v) is 10.9. The first-order chi connectivity index (χ1) is 4.91. The quantitative estimate of drug-likeness (QED) is 0.640. The maximum Gasteiger partial charge on any atom is 0.111 e. The maximum absolute atomic E-state index is 5.84. The van der Waals surface area contributed by atoms with Crippen LogP contribution in [-0.4, -0.2) is 8.07 Å². The average molecular weight is 225 g/mol. The molecule has 0 unspecified atom stereocenters. The van der Waals surface area contributed by atoms with E-state index in [0.29, 0.717) is 5.02 Å². The van der Waals surface area contributed by atoms with Gasteiger partial charge in [0.25, 0.3) is 0 Å². The molecule has 0 aromatic carbocycles. The van der Waals surface area contributed by atoms with Crippen molar-refractivity contribution in [3.05, 3.63) is 15.4 Å². The number of rotatable bonds is 1. The molecule has 0 bridgehead atoms. The second kappa shape index (κ2) is 3.09. The molecular weight excluding hydrogens is 215 g/mol. The van der Waals surface area contributed by atoms with Crippen molar-refractivity contribution in [2.24, 2.45) is 0 Å². The first kappa shape index (κ1) is 9.58. The Kier molecular flexibility index (Phi) is 2.69. The summed E-state index contributed by atoms with van der Waals surface area (Å²) in [6, 6.07) is 2.00. The molecule has 0 amide bonds. The molecule has 4 heteroatoms. The molecule has 0 aliphatic carbocycles. The van der Waals surface area contributed by atoms with Crippen molar-refractivity contribution in [1.29, 1.82) is 0 Å². The Morgan fingerprint density at radius 3 is 2.00 bits per heavy atom. The Hall–Kier alpha value is 0.497. The Labute approximate surface area is 82.2 Å². The van der Waals surface area contributed by atoms with Gasteiger partial charge in [-0.15, -0.1) is 11.3 Å². The van der Waals surface area contributed by atoms with E-state index in [4.69, 9.17) is 23.2 Å². The van der Waals surface area contributed by atoms with Gasteiger partial charge >= 0.3 is 0 Å². The summed E-state index contributed by atoms with van der Waals surface area (Å²) in [4.78, 5) is 0. The summed E-state index contributed by atoms with van der Waals surface area (Å²) in [5, 5.41) is 0.703. The summed E-state index contributed by atoms with van der Waals surface area (Å²) in [5.74, 6) is 0. The molecule has 1 aromatic rings. The molecule has 0 saturated heterocycles. The van der Waals surface area contributed by atoms with Gasteiger partial charge in [-0.2, -0.15) is 0 Å². The van der Waals surface area contributed by atoms with Gasteiger partial charge in [0, 0.05) is 0 Å². The first-order valence-corrected chi connectivity index (χ1v) is 8.44. The number of thiophene rings is 1. The highest BCUT2D eigenvalue weighted by Crippen LogP contribution is 2.27. The van der Waals surface area contributed by atoms with E-state index in [2.05, 4.69) is 19.6 Å². The minimum absolute atomic E-state index is 0.703. The van der Waals surface area contributed by atoms with Gasteiger partial charge in [-0.05, 0) is 10.6 Å². The molecule has 0 atom stereocenters. The highest BCUT2D eigenvalue weighted by Gasteiger charge is 2.20. The minimum atomic E-state index is -1.19. The minimum Gasteiger partial charge on any atom is -0.132 e. The predicted octanol–water partition coefficient (Wildman–Crippen LogP) is 3.60. The van der Waals surface area contributed by atoms with Crippen LogP contribution in [0, 0.1) is 0 Å². The van der Waals surface area contributed by atoms with Crippen LogP contribution < -0.4 is 4.50 Å². The van der Waals surface area contributed by atoms with Crippen LogP contribution in [0.15, 0.2) is 6.07 Å². The van der Waals surface area contributed by atoms with Crippen molar-refractivity contribution < 1.29 is 0 Å². The molecule has 0 aliphatic heterocycles. The Balaban J connectivity index is 3.08. The Bertz CT molecular complexity index is 242. The zero-order valence-corrected chi connectivity index (χ0v) is 10.1. The van der Waals surface area contributed by atoms with Crippen LogP contribution in [0.3, 0.4) is 0 Å². The Morgan fingerprint density at radius 1 is 1.27 bits per heavy atom. The molecule has 0 aliphatic rings. The normalized spacial score (nSPS) is 12.1. The largest absolute Gasteiger partial charge is 0.132 e. The van der Waals surface area contributed by atoms with E-state index in [9.17, 15) is 0 Å². The van der Waals surface area contributed by atoms with E-state index in [1.165, 1.54) is 4.50 Å². The van der Waals surface area contributed by atoms with Gasteiger partial charge in [0.15, 0.2) is 0 Å². The van der Waals surface area contributed by atoms with Crippen LogP contribution >= 0.6 is 34.5 Å². The molecule has 1 aromatic heterocycles. The van der Waals surface area contributed by atoms with Gasteiger partial charge in [-0.25, -0.2) is 0 Å². The summed E-state index contributed by atoms with van der Waals surface area (Å²) in [5.41, 5.74) is 0. The van der Waals surface area contributed by atoms with Crippen LogP contribution in [0.1, 0.15) is 0 Å². The fourth-order valence-corrected chi connectivity index (χ4v) is 4.23. The standard InChI is InChI=1S/C7H10Cl2SSi/c1-11(2,3)6-4-5(8)7(9)10-6/h4H,1-3H3. The number of hydrogen-bond acceptors (Lipinski definition) is 1. The van der Waals surface area contributed by atoms with Crippen molar-refractivity contribution in [3.8, 4) is 0 Å². The lowest BCUT2D eigenvalue weighted by Gasteiger charge is -2.11. The van der Waals surface area contributed by atoms with Crippen LogP contribution in [0.5, 0.6) is 0 Å². The van der Waals surface area contributed by atoms with Gasteiger partial charge in [0.05, 0.1) is 13.1 Å². The van der Waals surface area contributed by atoms with E-state index in [0.717, 1.165) is 4.34 Å². The van der Waals surface area contributed by atoms with E-state index in [1.807, 2.05) is 6.07 Å². The van der Waals surface area contributed by atoms with Gasteiger partial charge in [0.1, 0.15) is 4.34 Å². The zero-order chi connectivity index (χ0) is 8.65.